The van der Waals surface area contributed by atoms with Crippen molar-refractivity contribution in [3.63, 3.8) is 0 Å². The minimum atomic E-state index is -0.778. The predicted octanol–water partition coefficient (Wildman–Crippen LogP) is 2.27. The van der Waals surface area contributed by atoms with E-state index in [-0.39, 0.29) is 18.2 Å². The summed E-state index contributed by atoms with van der Waals surface area (Å²) in [6.07, 6.45) is 4.19. The number of anilines is 1. The molecule has 1 aromatic heterocycles. The van der Waals surface area contributed by atoms with Crippen LogP contribution in [-0.2, 0) is 11.2 Å². The normalized spacial score (nSPS) is 16.4. The van der Waals surface area contributed by atoms with Gasteiger partial charge in [-0.05, 0) is 31.0 Å². The lowest BCUT2D eigenvalue weighted by molar-refractivity contribution is -0.118. The number of ether oxygens (including phenoxy) is 1. The Bertz CT molecular complexity index is 756. The van der Waals surface area contributed by atoms with E-state index in [9.17, 15) is 9.59 Å². The van der Waals surface area contributed by atoms with Crippen LogP contribution in [0.25, 0.3) is 0 Å². The van der Waals surface area contributed by atoms with Gasteiger partial charge in [-0.3, -0.25) is 14.7 Å². The molecule has 7 heteroatoms. The second-order valence-electron chi connectivity index (χ2n) is 6.06. The van der Waals surface area contributed by atoms with Crippen molar-refractivity contribution in [3.05, 3.63) is 41.7 Å². The van der Waals surface area contributed by atoms with Gasteiger partial charge in [0, 0.05) is 5.69 Å². The SMILES string of the molecule is CCCCCc1cc(C(=O)NC2COc3ccccc3NC2=O)n[nH]1. The number of aromatic nitrogens is 2. The van der Waals surface area contributed by atoms with Gasteiger partial charge in [0.25, 0.3) is 11.8 Å². The number of carbonyl (C=O) groups is 2. The van der Waals surface area contributed by atoms with E-state index < -0.39 is 11.9 Å². The number of hydrogen-bond donors (Lipinski definition) is 3. The quantitative estimate of drug-likeness (QED) is 0.702. The first kappa shape index (κ1) is 17.0. The molecule has 7 nitrogen and oxygen atoms in total. The third-order valence-electron chi connectivity index (χ3n) is 4.09. The van der Waals surface area contributed by atoms with Crippen molar-refractivity contribution >= 4 is 17.5 Å². The first-order valence-corrected chi connectivity index (χ1v) is 8.55. The van der Waals surface area contributed by atoms with Gasteiger partial charge in [-0.25, -0.2) is 0 Å². The highest BCUT2D eigenvalue weighted by Crippen LogP contribution is 2.26. The van der Waals surface area contributed by atoms with Crippen molar-refractivity contribution in [2.45, 2.75) is 38.6 Å². The van der Waals surface area contributed by atoms with Crippen LogP contribution in [-0.4, -0.2) is 34.7 Å². The van der Waals surface area contributed by atoms with Crippen LogP contribution in [0.5, 0.6) is 5.75 Å². The van der Waals surface area contributed by atoms with Crippen molar-refractivity contribution in [1.82, 2.24) is 15.5 Å². The fourth-order valence-corrected chi connectivity index (χ4v) is 2.68. The Kier molecular flexibility index (Phi) is 5.33. The molecule has 2 amide bonds. The molecule has 132 valence electrons. The monoisotopic (exact) mass is 342 g/mol. The van der Waals surface area contributed by atoms with E-state index in [1.807, 2.05) is 12.1 Å². The van der Waals surface area contributed by atoms with Gasteiger partial charge in [-0.1, -0.05) is 31.9 Å². The van der Waals surface area contributed by atoms with Crippen molar-refractivity contribution in [2.75, 3.05) is 11.9 Å². The molecule has 0 saturated carbocycles. The number of nitrogens with zero attached hydrogens (tertiary/aromatic N) is 1. The number of para-hydroxylation sites is 2. The lowest BCUT2D eigenvalue weighted by Gasteiger charge is -2.13. The third kappa shape index (κ3) is 4.17. The molecule has 0 bridgehead atoms. The first-order valence-electron chi connectivity index (χ1n) is 8.55. The van der Waals surface area contributed by atoms with Gasteiger partial charge in [0.2, 0.25) is 0 Å². The van der Waals surface area contributed by atoms with Gasteiger partial charge in [0.1, 0.15) is 24.1 Å². The van der Waals surface area contributed by atoms with Gasteiger partial charge in [-0.2, -0.15) is 5.10 Å². The number of rotatable bonds is 6. The summed E-state index contributed by atoms with van der Waals surface area (Å²) in [5.74, 6) is -0.115. The lowest BCUT2D eigenvalue weighted by atomic mass is 10.1. The topological polar surface area (TPSA) is 96.1 Å². The number of unbranched alkanes of at least 4 members (excludes halogenated alkanes) is 2. The highest BCUT2D eigenvalue weighted by Gasteiger charge is 2.27. The number of aryl methyl sites for hydroxylation is 1. The number of aromatic amines is 1. The van der Waals surface area contributed by atoms with Crippen LogP contribution in [0.2, 0.25) is 0 Å². The van der Waals surface area contributed by atoms with Gasteiger partial charge in [-0.15, -0.1) is 0 Å². The molecule has 1 atom stereocenters. The Hall–Kier alpha value is -2.83. The van der Waals surface area contributed by atoms with Crippen molar-refractivity contribution < 1.29 is 14.3 Å². The van der Waals surface area contributed by atoms with E-state index in [0.717, 1.165) is 31.4 Å². The summed E-state index contributed by atoms with van der Waals surface area (Å²) in [4.78, 5) is 24.6. The van der Waals surface area contributed by atoms with E-state index in [0.29, 0.717) is 11.4 Å². The zero-order chi connectivity index (χ0) is 17.6. The summed E-state index contributed by atoms with van der Waals surface area (Å²) in [7, 11) is 0. The summed E-state index contributed by atoms with van der Waals surface area (Å²) >= 11 is 0. The van der Waals surface area contributed by atoms with Gasteiger partial charge < -0.3 is 15.4 Å². The fraction of sp³-hybridized carbons (Fsp3) is 0.389. The molecule has 1 aliphatic heterocycles. The highest BCUT2D eigenvalue weighted by atomic mass is 16.5. The van der Waals surface area contributed by atoms with E-state index in [1.165, 1.54) is 0 Å². The number of fused-ring (bicyclic) bond motifs is 1. The van der Waals surface area contributed by atoms with E-state index >= 15 is 0 Å². The molecule has 0 aliphatic carbocycles. The second kappa shape index (κ2) is 7.83. The predicted molar refractivity (Wildman–Crippen MR) is 93.6 cm³/mol. The molecular weight excluding hydrogens is 320 g/mol. The molecule has 0 fully saturated rings. The summed E-state index contributed by atoms with van der Waals surface area (Å²) in [6.45, 7) is 2.21. The third-order valence-corrected chi connectivity index (χ3v) is 4.09. The van der Waals surface area contributed by atoms with Gasteiger partial charge in [0.15, 0.2) is 0 Å². The van der Waals surface area contributed by atoms with E-state index in [2.05, 4.69) is 27.8 Å². The first-order chi connectivity index (χ1) is 12.2. The number of carbonyl (C=O) groups excluding carboxylic acids is 2. The summed E-state index contributed by atoms with van der Waals surface area (Å²) in [6, 6.07) is 8.12. The zero-order valence-corrected chi connectivity index (χ0v) is 14.2. The molecule has 0 spiro atoms. The van der Waals surface area contributed by atoms with Crippen molar-refractivity contribution in [3.8, 4) is 5.75 Å². The van der Waals surface area contributed by atoms with Crippen LogP contribution in [0.3, 0.4) is 0 Å². The Morgan fingerprint density at radius 3 is 3.04 bits per heavy atom. The van der Waals surface area contributed by atoms with E-state index in [1.54, 1.807) is 18.2 Å². The van der Waals surface area contributed by atoms with Crippen molar-refractivity contribution in [1.29, 1.82) is 0 Å². The maximum absolute atomic E-state index is 12.4. The molecular formula is C18H22N4O3. The molecule has 1 aliphatic rings. The zero-order valence-electron chi connectivity index (χ0n) is 14.2. The highest BCUT2D eigenvalue weighted by molar-refractivity contribution is 6.01. The van der Waals surface area contributed by atoms with Crippen LogP contribution >= 0.6 is 0 Å². The Balaban J connectivity index is 1.60. The number of hydrogen-bond acceptors (Lipinski definition) is 4. The minimum absolute atomic E-state index is 0.0718. The molecule has 3 N–H and O–H groups in total. The maximum Gasteiger partial charge on any atom is 0.272 e. The number of H-pyrrole nitrogens is 1. The van der Waals surface area contributed by atoms with E-state index in [4.69, 9.17) is 4.74 Å². The number of nitrogens with one attached hydrogen (secondary N) is 3. The molecule has 25 heavy (non-hydrogen) atoms. The Morgan fingerprint density at radius 2 is 2.20 bits per heavy atom. The molecule has 3 rings (SSSR count). The number of amides is 2. The molecule has 2 aromatic rings. The van der Waals surface area contributed by atoms with Crippen LogP contribution in [0.1, 0.15) is 42.4 Å². The lowest BCUT2D eigenvalue weighted by Crippen LogP contribution is -2.46. The maximum atomic E-state index is 12.4. The van der Waals surface area contributed by atoms with Crippen LogP contribution in [0.4, 0.5) is 5.69 Å². The van der Waals surface area contributed by atoms with Crippen molar-refractivity contribution in [2.24, 2.45) is 0 Å². The Labute approximate surface area is 146 Å². The van der Waals surface area contributed by atoms with Crippen LogP contribution < -0.4 is 15.4 Å². The largest absolute Gasteiger partial charge is 0.489 e. The molecule has 0 saturated heterocycles. The molecule has 1 aromatic carbocycles. The smallest absolute Gasteiger partial charge is 0.272 e. The summed E-state index contributed by atoms with van der Waals surface area (Å²) < 4.78 is 5.61. The van der Waals surface area contributed by atoms with Crippen LogP contribution in [0, 0.1) is 0 Å². The average Bonchev–Trinajstić information content (AvgIpc) is 3.02. The minimum Gasteiger partial charge on any atom is -0.489 e. The van der Waals surface area contributed by atoms with Crippen LogP contribution in [0.15, 0.2) is 30.3 Å². The fourth-order valence-electron chi connectivity index (χ4n) is 2.68. The number of benzene rings is 1. The van der Waals surface area contributed by atoms with Gasteiger partial charge >= 0.3 is 0 Å². The summed E-state index contributed by atoms with van der Waals surface area (Å²) in [5, 5.41) is 12.4. The summed E-state index contributed by atoms with van der Waals surface area (Å²) in [5.41, 5.74) is 1.80. The standard InChI is InChI=1S/C18H22N4O3/c1-2-3-4-7-12-10-14(22-21-12)17(23)20-15-11-25-16-9-6-5-8-13(16)19-18(15)24/h5-6,8-10,15H,2-4,7,11H2,1H3,(H,19,24)(H,20,23)(H,21,22). The second-order valence-corrected chi connectivity index (χ2v) is 6.06. The Morgan fingerprint density at radius 1 is 1.36 bits per heavy atom. The molecule has 0 radical (unpaired) electrons. The van der Waals surface area contributed by atoms with Gasteiger partial charge in [0.05, 0.1) is 5.69 Å². The molecule has 2 heterocycles. The molecule has 1 unspecified atom stereocenters. The average molecular weight is 342 g/mol.